The van der Waals surface area contributed by atoms with Crippen LogP contribution >= 0.6 is 0 Å². The fraction of sp³-hybridized carbons (Fsp3) is 0.588. The summed E-state index contributed by atoms with van der Waals surface area (Å²) >= 11 is 0. The van der Waals surface area contributed by atoms with Crippen LogP contribution in [0.15, 0.2) is 18.2 Å². The average molecular weight is 306 g/mol. The second kappa shape index (κ2) is 8.03. The molecule has 0 bridgehead atoms. The predicted octanol–water partition coefficient (Wildman–Crippen LogP) is 2.65. The summed E-state index contributed by atoms with van der Waals surface area (Å²) in [6.07, 6.45) is 3.56. The van der Waals surface area contributed by atoms with E-state index in [1.807, 2.05) is 13.0 Å². The maximum atomic E-state index is 11.1. The molecule has 1 aromatic rings. The first-order valence-corrected chi connectivity index (χ1v) is 8.13. The number of benzene rings is 1. The van der Waals surface area contributed by atoms with Gasteiger partial charge in [0, 0.05) is 0 Å². The summed E-state index contributed by atoms with van der Waals surface area (Å²) < 4.78 is 5.89. The van der Waals surface area contributed by atoms with Crippen molar-refractivity contribution in [3.05, 3.63) is 23.8 Å². The SMILES string of the molecule is CCCC(NCCc1ccc2c(c1)NCC(CC)O2)C(=O)O. The zero-order valence-corrected chi connectivity index (χ0v) is 13.4. The molecule has 2 rings (SSSR count). The van der Waals surface area contributed by atoms with E-state index in [9.17, 15) is 4.79 Å². The molecule has 1 heterocycles. The molecule has 22 heavy (non-hydrogen) atoms. The van der Waals surface area contributed by atoms with Crippen LogP contribution in [0.5, 0.6) is 5.75 Å². The summed E-state index contributed by atoms with van der Waals surface area (Å²) in [5, 5.41) is 15.6. The van der Waals surface area contributed by atoms with Gasteiger partial charge in [0.05, 0.1) is 12.2 Å². The third-order valence-electron chi connectivity index (χ3n) is 3.99. The van der Waals surface area contributed by atoms with Gasteiger partial charge in [-0.3, -0.25) is 4.79 Å². The van der Waals surface area contributed by atoms with Gasteiger partial charge in [0.15, 0.2) is 0 Å². The van der Waals surface area contributed by atoms with Crippen molar-refractivity contribution < 1.29 is 14.6 Å². The van der Waals surface area contributed by atoms with Crippen LogP contribution in [-0.2, 0) is 11.2 Å². The summed E-state index contributed by atoms with van der Waals surface area (Å²) in [5.41, 5.74) is 2.21. The minimum Gasteiger partial charge on any atom is -0.486 e. The average Bonchev–Trinajstić information content (AvgIpc) is 2.53. The van der Waals surface area contributed by atoms with E-state index in [4.69, 9.17) is 9.84 Å². The standard InChI is InChI=1S/C17H26N2O3/c1-3-5-14(17(20)21)18-9-8-12-6-7-16-15(10-12)19-11-13(4-2)22-16/h6-7,10,13-14,18-19H,3-5,8-9,11H2,1-2H3,(H,20,21). The number of hydrogen-bond acceptors (Lipinski definition) is 4. The smallest absolute Gasteiger partial charge is 0.320 e. The van der Waals surface area contributed by atoms with Crippen molar-refractivity contribution in [1.29, 1.82) is 0 Å². The number of carboxylic acids is 1. The summed E-state index contributed by atoms with van der Waals surface area (Å²) in [5.74, 6) is 0.136. The van der Waals surface area contributed by atoms with Crippen molar-refractivity contribution in [2.24, 2.45) is 0 Å². The Morgan fingerprint density at radius 1 is 1.50 bits per heavy atom. The number of rotatable bonds is 8. The Morgan fingerprint density at radius 2 is 2.32 bits per heavy atom. The van der Waals surface area contributed by atoms with Crippen LogP contribution in [0.2, 0.25) is 0 Å². The van der Waals surface area contributed by atoms with Crippen molar-refractivity contribution in [1.82, 2.24) is 5.32 Å². The van der Waals surface area contributed by atoms with Gasteiger partial charge in [-0.25, -0.2) is 0 Å². The van der Waals surface area contributed by atoms with Crippen LogP contribution in [0, 0.1) is 0 Å². The third kappa shape index (κ3) is 4.37. The quantitative estimate of drug-likeness (QED) is 0.689. The lowest BCUT2D eigenvalue weighted by Crippen LogP contribution is -2.37. The monoisotopic (exact) mass is 306 g/mol. The number of anilines is 1. The normalized spacial score (nSPS) is 18.0. The lowest BCUT2D eigenvalue weighted by atomic mass is 10.1. The fourth-order valence-electron chi connectivity index (χ4n) is 2.64. The molecule has 0 radical (unpaired) electrons. The molecule has 2 unspecified atom stereocenters. The van der Waals surface area contributed by atoms with Crippen LogP contribution in [-0.4, -0.2) is 36.3 Å². The second-order valence-electron chi connectivity index (χ2n) is 5.74. The van der Waals surface area contributed by atoms with Crippen molar-refractivity contribution in [3.8, 4) is 5.75 Å². The molecule has 0 aliphatic carbocycles. The molecule has 5 nitrogen and oxygen atoms in total. The van der Waals surface area contributed by atoms with Crippen LogP contribution < -0.4 is 15.4 Å². The highest BCUT2D eigenvalue weighted by molar-refractivity contribution is 5.73. The molecule has 0 fully saturated rings. The van der Waals surface area contributed by atoms with Gasteiger partial charge < -0.3 is 20.5 Å². The molecule has 3 N–H and O–H groups in total. The summed E-state index contributed by atoms with van der Waals surface area (Å²) in [7, 11) is 0. The Kier molecular flexibility index (Phi) is 6.07. The highest BCUT2D eigenvalue weighted by Gasteiger charge is 2.18. The first-order chi connectivity index (χ1) is 10.6. The van der Waals surface area contributed by atoms with Gasteiger partial charge in [-0.15, -0.1) is 0 Å². The Labute approximate surface area is 132 Å². The summed E-state index contributed by atoms with van der Waals surface area (Å²) in [6.45, 7) is 5.61. The fourth-order valence-corrected chi connectivity index (χ4v) is 2.64. The van der Waals surface area contributed by atoms with Crippen molar-refractivity contribution in [3.63, 3.8) is 0 Å². The summed E-state index contributed by atoms with van der Waals surface area (Å²) in [6, 6.07) is 5.70. The lowest BCUT2D eigenvalue weighted by Gasteiger charge is -2.27. The molecular formula is C17H26N2O3. The molecule has 0 saturated heterocycles. The van der Waals surface area contributed by atoms with E-state index in [0.717, 1.165) is 37.2 Å². The molecule has 1 aliphatic heterocycles. The van der Waals surface area contributed by atoms with Gasteiger partial charge in [0.2, 0.25) is 0 Å². The Morgan fingerprint density at radius 3 is 3.00 bits per heavy atom. The maximum absolute atomic E-state index is 11.1. The molecule has 1 aliphatic rings. The maximum Gasteiger partial charge on any atom is 0.320 e. The van der Waals surface area contributed by atoms with Crippen molar-refractivity contribution in [2.75, 3.05) is 18.4 Å². The number of ether oxygens (including phenoxy) is 1. The lowest BCUT2D eigenvalue weighted by molar-refractivity contribution is -0.139. The molecule has 0 spiro atoms. The molecule has 5 heteroatoms. The summed E-state index contributed by atoms with van der Waals surface area (Å²) in [4.78, 5) is 11.1. The van der Waals surface area contributed by atoms with E-state index < -0.39 is 12.0 Å². The van der Waals surface area contributed by atoms with Crippen LogP contribution in [0.3, 0.4) is 0 Å². The van der Waals surface area contributed by atoms with Gasteiger partial charge in [0.25, 0.3) is 0 Å². The first kappa shape index (κ1) is 16.6. The van der Waals surface area contributed by atoms with Crippen LogP contribution in [0.1, 0.15) is 38.7 Å². The number of aliphatic carboxylic acids is 1. The van der Waals surface area contributed by atoms with Gasteiger partial charge in [0.1, 0.15) is 17.9 Å². The molecular weight excluding hydrogens is 280 g/mol. The largest absolute Gasteiger partial charge is 0.486 e. The Hall–Kier alpha value is -1.75. The van der Waals surface area contributed by atoms with E-state index >= 15 is 0 Å². The Balaban J connectivity index is 1.88. The van der Waals surface area contributed by atoms with E-state index in [2.05, 4.69) is 29.7 Å². The van der Waals surface area contributed by atoms with Crippen LogP contribution in [0.25, 0.3) is 0 Å². The van der Waals surface area contributed by atoms with Gasteiger partial charge in [-0.2, -0.15) is 0 Å². The van der Waals surface area contributed by atoms with Crippen molar-refractivity contribution >= 4 is 11.7 Å². The Bertz CT molecular complexity index is 505. The molecule has 0 aromatic heterocycles. The van der Waals surface area contributed by atoms with Gasteiger partial charge in [-0.1, -0.05) is 26.3 Å². The third-order valence-corrected chi connectivity index (χ3v) is 3.99. The minimum absolute atomic E-state index is 0.241. The van der Waals surface area contributed by atoms with E-state index in [0.29, 0.717) is 13.0 Å². The molecule has 0 saturated carbocycles. The van der Waals surface area contributed by atoms with E-state index in [-0.39, 0.29) is 6.10 Å². The molecule has 1 aromatic carbocycles. The van der Waals surface area contributed by atoms with E-state index in [1.165, 1.54) is 5.56 Å². The highest BCUT2D eigenvalue weighted by atomic mass is 16.5. The molecule has 122 valence electrons. The van der Waals surface area contributed by atoms with Crippen LogP contribution in [0.4, 0.5) is 5.69 Å². The first-order valence-electron chi connectivity index (χ1n) is 8.13. The second-order valence-corrected chi connectivity index (χ2v) is 5.74. The zero-order chi connectivity index (χ0) is 15.9. The number of hydrogen-bond donors (Lipinski definition) is 3. The van der Waals surface area contributed by atoms with Crippen molar-refractivity contribution in [2.45, 2.75) is 51.7 Å². The number of carboxylic acid groups (broad SMARTS) is 1. The van der Waals surface area contributed by atoms with Gasteiger partial charge in [-0.05, 0) is 43.5 Å². The molecule has 0 amide bonds. The number of fused-ring (bicyclic) bond motifs is 1. The number of nitrogens with one attached hydrogen (secondary N) is 2. The minimum atomic E-state index is -0.770. The van der Waals surface area contributed by atoms with E-state index in [1.54, 1.807) is 0 Å². The topological polar surface area (TPSA) is 70.6 Å². The highest BCUT2D eigenvalue weighted by Crippen LogP contribution is 2.30. The number of carbonyl (C=O) groups is 1. The van der Waals surface area contributed by atoms with Gasteiger partial charge >= 0.3 is 5.97 Å². The molecule has 2 atom stereocenters. The predicted molar refractivity (Wildman–Crippen MR) is 87.7 cm³/mol. The zero-order valence-electron chi connectivity index (χ0n) is 13.4.